The van der Waals surface area contributed by atoms with Gasteiger partial charge in [-0.1, -0.05) is 12.1 Å². The molecule has 7 heteroatoms. The first-order chi connectivity index (χ1) is 12.2. The molecule has 6 nitrogen and oxygen atoms in total. The summed E-state index contributed by atoms with van der Waals surface area (Å²) in [4.78, 5) is 16.9. The van der Waals surface area contributed by atoms with Gasteiger partial charge in [-0.15, -0.1) is 11.3 Å². The number of fused-ring (bicyclic) bond motifs is 1. The number of carbonyl (C=O) groups is 1. The zero-order valence-electron chi connectivity index (χ0n) is 14.1. The van der Waals surface area contributed by atoms with Crippen LogP contribution in [0.4, 0.5) is 0 Å². The molecular formula is C18H17NO5S. The number of methoxy groups -OCH3 is 3. The van der Waals surface area contributed by atoms with Crippen LogP contribution in [0.1, 0.15) is 15.4 Å². The molecule has 0 unspecified atom stereocenters. The van der Waals surface area contributed by atoms with Crippen molar-refractivity contribution in [3.63, 3.8) is 0 Å². The number of carbonyl (C=O) groups excluding carboxylic acids is 1. The molecule has 3 aromatic rings. The molecule has 1 aromatic heterocycles. The average Bonchev–Trinajstić information content (AvgIpc) is 3.07. The van der Waals surface area contributed by atoms with E-state index >= 15 is 0 Å². The first-order valence-corrected chi connectivity index (χ1v) is 8.29. The van der Waals surface area contributed by atoms with Gasteiger partial charge in [-0.05, 0) is 12.1 Å². The standard InChI is InChI=1S/C18H17NO5S/c1-21-13-9-15(23-3)14(22-2)8-11(13)18(20)24-10-17-19-12-6-4-5-7-16(12)25-17/h4-9H,10H2,1-3H3. The molecule has 2 aromatic carbocycles. The molecule has 0 aliphatic carbocycles. The van der Waals surface area contributed by atoms with E-state index < -0.39 is 5.97 Å². The summed E-state index contributed by atoms with van der Waals surface area (Å²) in [5.41, 5.74) is 1.16. The SMILES string of the molecule is COc1cc(OC)c(C(=O)OCc2nc3ccccc3s2)cc1OC. The molecular weight excluding hydrogens is 342 g/mol. The Balaban J connectivity index is 1.80. The van der Waals surface area contributed by atoms with Crippen molar-refractivity contribution in [3.8, 4) is 17.2 Å². The molecule has 25 heavy (non-hydrogen) atoms. The molecule has 130 valence electrons. The molecule has 0 radical (unpaired) electrons. The van der Waals surface area contributed by atoms with Crippen LogP contribution in [0.5, 0.6) is 17.2 Å². The van der Waals surface area contributed by atoms with E-state index in [-0.39, 0.29) is 12.2 Å². The maximum absolute atomic E-state index is 12.5. The molecule has 0 spiro atoms. The number of aromatic nitrogens is 1. The van der Waals surface area contributed by atoms with Crippen LogP contribution in [0.3, 0.4) is 0 Å². The highest BCUT2D eigenvalue weighted by atomic mass is 32.1. The highest BCUT2D eigenvalue weighted by Gasteiger charge is 2.19. The van der Waals surface area contributed by atoms with Crippen LogP contribution >= 0.6 is 11.3 Å². The highest BCUT2D eigenvalue weighted by molar-refractivity contribution is 7.18. The number of esters is 1. The third kappa shape index (κ3) is 3.51. The van der Waals surface area contributed by atoms with Crippen LogP contribution < -0.4 is 14.2 Å². The third-order valence-electron chi connectivity index (χ3n) is 3.59. The van der Waals surface area contributed by atoms with E-state index in [9.17, 15) is 4.79 Å². The molecule has 0 amide bonds. The second-order valence-electron chi connectivity index (χ2n) is 5.06. The molecule has 0 atom stereocenters. The fourth-order valence-corrected chi connectivity index (χ4v) is 3.26. The van der Waals surface area contributed by atoms with E-state index in [1.54, 1.807) is 12.1 Å². The monoisotopic (exact) mass is 359 g/mol. The number of hydrogen-bond acceptors (Lipinski definition) is 7. The Hall–Kier alpha value is -2.80. The lowest BCUT2D eigenvalue weighted by molar-refractivity contribution is 0.0468. The fourth-order valence-electron chi connectivity index (χ4n) is 2.38. The van der Waals surface area contributed by atoms with Crippen molar-refractivity contribution in [2.75, 3.05) is 21.3 Å². The summed E-state index contributed by atoms with van der Waals surface area (Å²) in [6.07, 6.45) is 0. The van der Waals surface area contributed by atoms with Gasteiger partial charge < -0.3 is 18.9 Å². The third-order valence-corrected chi connectivity index (χ3v) is 4.60. The predicted molar refractivity (Wildman–Crippen MR) is 94.8 cm³/mol. The van der Waals surface area contributed by atoms with Gasteiger partial charge in [-0.2, -0.15) is 0 Å². The second kappa shape index (κ2) is 7.40. The van der Waals surface area contributed by atoms with E-state index in [2.05, 4.69) is 4.98 Å². The minimum Gasteiger partial charge on any atom is -0.496 e. The normalized spacial score (nSPS) is 10.5. The lowest BCUT2D eigenvalue weighted by Gasteiger charge is -2.13. The van der Waals surface area contributed by atoms with Gasteiger partial charge in [-0.25, -0.2) is 9.78 Å². The van der Waals surface area contributed by atoms with Crippen LogP contribution in [-0.4, -0.2) is 32.3 Å². The number of benzene rings is 2. The molecule has 0 bridgehead atoms. The number of thiazole rings is 1. The molecule has 0 aliphatic rings. The second-order valence-corrected chi connectivity index (χ2v) is 6.17. The van der Waals surface area contributed by atoms with Crippen molar-refractivity contribution >= 4 is 27.5 Å². The van der Waals surface area contributed by atoms with E-state index in [1.165, 1.54) is 32.7 Å². The van der Waals surface area contributed by atoms with Crippen molar-refractivity contribution in [3.05, 3.63) is 47.0 Å². The Bertz CT molecular complexity index is 873. The lowest BCUT2D eigenvalue weighted by Crippen LogP contribution is -2.08. The van der Waals surface area contributed by atoms with Crippen LogP contribution in [-0.2, 0) is 11.3 Å². The Morgan fingerprint density at radius 1 is 1.00 bits per heavy atom. The summed E-state index contributed by atoms with van der Waals surface area (Å²) in [6.45, 7) is 0.0929. The smallest absolute Gasteiger partial charge is 0.342 e. The van der Waals surface area contributed by atoms with E-state index in [1.807, 2.05) is 24.3 Å². The highest BCUT2D eigenvalue weighted by Crippen LogP contribution is 2.35. The predicted octanol–water partition coefficient (Wildman–Crippen LogP) is 3.68. The Labute approximate surface area is 148 Å². The molecule has 0 saturated carbocycles. The van der Waals surface area contributed by atoms with Gasteiger partial charge in [0, 0.05) is 12.1 Å². The summed E-state index contributed by atoms with van der Waals surface area (Å²) >= 11 is 1.49. The fraction of sp³-hybridized carbons (Fsp3) is 0.222. The van der Waals surface area contributed by atoms with Gasteiger partial charge in [0.05, 0.1) is 31.5 Å². The molecule has 0 aliphatic heterocycles. The van der Waals surface area contributed by atoms with Crippen LogP contribution in [0.15, 0.2) is 36.4 Å². The minimum absolute atomic E-state index is 0.0929. The summed E-state index contributed by atoms with van der Waals surface area (Å²) in [5, 5.41) is 0.731. The van der Waals surface area contributed by atoms with Gasteiger partial charge in [0.1, 0.15) is 22.9 Å². The van der Waals surface area contributed by atoms with Crippen LogP contribution in [0.25, 0.3) is 10.2 Å². The Morgan fingerprint density at radius 3 is 2.36 bits per heavy atom. The van der Waals surface area contributed by atoms with E-state index in [0.29, 0.717) is 17.2 Å². The van der Waals surface area contributed by atoms with Gasteiger partial charge in [0.25, 0.3) is 0 Å². The molecule has 0 saturated heterocycles. The summed E-state index contributed by atoms with van der Waals surface area (Å²) in [6, 6.07) is 10.9. The first kappa shape index (κ1) is 17.0. The topological polar surface area (TPSA) is 66.9 Å². The summed E-state index contributed by atoms with van der Waals surface area (Å²) < 4.78 is 22.1. The lowest BCUT2D eigenvalue weighted by atomic mass is 10.1. The van der Waals surface area contributed by atoms with Crippen LogP contribution in [0.2, 0.25) is 0 Å². The van der Waals surface area contributed by atoms with Crippen molar-refractivity contribution in [1.82, 2.24) is 4.98 Å². The number of para-hydroxylation sites is 1. The molecule has 3 rings (SSSR count). The number of hydrogen-bond donors (Lipinski definition) is 0. The number of rotatable bonds is 6. The van der Waals surface area contributed by atoms with Gasteiger partial charge in [0.2, 0.25) is 0 Å². The Morgan fingerprint density at radius 2 is 1.68 bits per heavy atom. The molecule has 0 N–H and O–H groups in total. The average molecular weight is 359 g/mol. The molecule has 0 fully saturated rings. The zero-order chi connectivity index (χ0) is 17.8. The summed E-state index contributed by atoms with van der Waals surface area (Å²) in [7, 11) is 4.49. The largest absolute Gasteiger partial charge is 0.496 e. The van der Waals surface area contributed by atoms with Crippen molar-refractivity contribution < 1.29 is 23.7 Å². The zero-order valence-corrected chi connectivity index (χ0v) is 14.9. The van der Waals surface area contributed by atoms with Gasteiger partial charge in [0.15, 0.2) is 11.5 Å². The van der Waals surface area contributed by atoms with Crippen LogP contribution in [0, 0.1) is 0 Å². The van der Waals surface area contributed by atoms with E-state index in [4.69, 9.17) is 18.9 Å². The van der Waals surface area contributed by atoms with Crippen molar-refractivity contribution in [2.24, 2.45) is 0 Å². The quantitative estimate of drug-likeness (QED) is 0.626. The van der Waals surface area contributed by atoms with Gasteiger partial charge in [-0.3, -0.25) is 0 Å². The summed E-state index contributed by atoms with van der Waals surface area (Å²) in [5.74, 6) is 0.737. The van der Waals surface area contributed by atoms with Gasteiger partial charge >= 0.3 is 5.97 Å². The Kier molecular flexibility index (Phi) is 5.04. The van der Waals surface area contributed by atoms with E-state index in [0.717, 1.165) is 15.2 Å². The van der Waals surface area contributed by atoms with Crippen molar-refractivity contribution in [1.29, 1.82) is 0 Å². The minimum atomic E-state index is -0.517. The maximum Gasteiger partial charge on any atom is 0.342 e. The van der Waals surface area contributed by atoms with Crippen molar-refractivity contribution in [2.45, 2.75) is 6.61 Å². The number of ether oxygens (including phenoxy) is 4. The number of nitrogens with zero attached hydrogens (tertiary/aromatic N) is 1. The maximum atomic E-state index is 12.5. The molecule has 1 heterocycles. The first-order valence-electron chi connectivity index (χ1n) is 7.48.